The monoisotopic (exact) mass is 223 g/mol. The number of hydroxylamine groups is 3. The van der Waals surface area contributed by atoms with Crippen molar-refractivity contribution in [3.63, 3.8) is 0 Å². The lowest BCUT2D eigenvalue weighted by Gasteiger charge is -2.43. The zero-order chi connectivity index (χ0) is 11.8. The number of aliphatic hydroxyl groups excluding tert-OH is 2. The fourth-order valence-electron chi connectivity index (χ4n) is 2.29. The average Bonchev–Trinajstić information content (AvgIpc) is 2.44. The van der Waals surface area contributed by atoms with E-state index in [2.05, 4.69) is 0 Å². The molecule has 1 aromatic rings. The van der Waals surface area contributed by atoms with Crippen molar-refractivity contribution in [1.82, 2.24) is 0 Å². The Kier molecular flexibility index (Phi) is 2.99. The largest absolute Gasteiger partial charge is 0.632 e. The summed E-state index contributed by atoms with van der Waals surface area (Å²) in [5.41, 5.74) is 0.936. The van der Waals surface area contributed by atoms with Gasteiger partial charge in [-0.15, -0.1) is 0 Å². The van der Waals surface area contributed by atoms with E-state index in [1.807, 2.05) is 30.3 Å². The molecule has 4 heteroatoms. The third-order valence-corrected chi connectivity index (χ3v) is 3.42. The van der Waals surface area contributed by atoms with E-state index in [1.54, 1.807) is 6.92 Å². The first-order valence-corrected chi connectivity index (χ1v) is 5.51. The highest BCUT2D eigenvalue weighted by Crippen LogP contribution is 2.28. The number of likely N-dealkylation sites (tertiary alicyclic amines) is 1. The molecule has 1 aliphatic heterocycles. The molecule has 0 unspecified atom stereocenters. The van der Waals surface area contributed by atoms with Crippen molar-refractivity contribution < 1.29 is 14.9 Å². The van der Waals surface area contributed by atoms with Crippen molar-refractivity contribution in [2.45, 2.75) is 31.7 Å². The molecular formula is C12H17NO3. The first-order chi connectivity index (χ1) is 7.53. The van der Waals surface area contributed by atoms with Gasteiger partial charge in [0.15, 0.2) is 0 Å². The number of nitrogens with zero attached hydrogens (tertiary/aromatic N) is 1. The van der Waals surface area contributed by atoms with Gasteiger partial charge in [-0.3, -0.25) is 0 Å². The molecular weight excluding hydrogens is 206 g/mol. The van der Waals surface area contributed by atoms with Crippen molar-refractivity contribution in [3.05, 3.63) is 41.1 Å². The molecule has 1 heterocycles. The van der Waals surface area contributed by atoms with Gasteiger partial charge in [-0.05, 0) is 6.92 Å². The summed E-state index contributed by atoms with van der Waals surface area (Å²) >= 11 is 0. The zero-order valence-corrected chi connectivity index (χ0v) is 9.28. The molecule has 0 aromatic heterocycles. The number of hydrogen-bond acceptors (Lipinski definition) is 3. The van der Waals surface area contributed by atoms with E-state index in [9.17, 15) is 15.4 Å². The van der Waals surface area contributed by atoms with Crippen LogP contribution in [0.3, 0.4) is 0 Å². The number of rotatable bonds is 2. The molecule has 1 aromatic carbocycles. The standard InChI is InChI=1S/C12H17NO3/c1-9-12(15)11(14)8-13(9,16)7-10-5-3-2-4-6-10/h2-6,9,11-12,14-15H,7-8H2,1H3/t9-,11-,12+,13+/m1/s1. The molecule has 1 fully saturated rings. The first kappa shape index (κ1) is 11.5. The summed E-state index contributed by atoms with van der Waals surface area (Å²) < 4.78 is -0.549. The second-order valence-corrected chi connectivity index (χ2v) is 4.58. The fourth-order valence-corrected chi connectivity index (χ4v) is 2.29. The van der Waals surface area contributed by atoms with Gasteiger partial charge < -0.3 is 20.1 Å². The Hall–Kier alpha value is -0.940. The topological polar surface area (TPSA) is 63.5 Å². The van der Waals surface area contributed by atoms with Gasteiger partial charge in [0.05, 0.1) is 0 Å². The molecule has 0 spiro atoms. The summed E-state index contributed by atoms with van der Waals surface area (Å²) in [6.45, 7) is 2.06. The van der Waals surface area contributed by atoms with Crippen LogP contribution in [0.1, 0.15) is 12.5 Å². The minimum absolute atomic E-state index is 0.0667. The Bertz CT molecular complexity index is 357. The Morgan fingerprint density at radius 2 is 1.94 bits per heavy atom. The molecule has 4 atom stereocenters. The highest BCUT2D eigenvalue weighted by atomic mass is 16.6. The van der Waals surface area contributed by atoms with E-state index >= 15 is 0 Å². The molecule has 16 heavy (non-hydrogen) atoms. The SMILES string of the molecule is C[C@@H]1[C@H](O)[C@H](O)C[N@@+]1([O-])Cc1ccccc1. The average molecular weight is 223 g/mol. The number of benzene rings is 1. The Morgan fingerprint density at radius 3 is 2.44 bits per heavy atom. The van der Waals surface area contributed by atoms with Crippen LogP contribution in [0.15, 0.2) is 30.3 Å². The van der Waals surface area contributed by atoms with Crippen molar-refractivity contribution >= 4 is 0 Å². The molecule has 0 saturated carbocycles. The number of quaternary nitrogens is 1. The summed E-state index contributed by atoms with van der Waals surface area (Å²) in [4.78, 5) is 0. The van der Waals surface area contributed by atoms with E-state index in [0.717, 1.165) is 5.56 Å². The van der Waals surface area contributed by atoms with Crippen LogP contribution in [0.4, 0.5) is 0 Å². The van der Waals surface area contributed by atoms with Crippen LogP contribution in [0, 0.1) is 5.21 Å². The summed E-state index contributed by atoms with van der Waals surface area (Å²) in [6, 6.07) is 8.97. The highest BCUT2D eigenvalue weighted by molar-refractivity contribution is 5.13. The van der Waals surface area contributed by atoms with Crippen LogP contribution < -0.4 is 0 Å². The van der Waals surface area contributed by atoms with Crippen molar-refractivity contribution in [1.29, 1.82) is 0 Å². The zero-order valence-electron chi connectivity index (χ0n) is 9.28. The van der Waals surface area contributed by atoms with E-state index in [1.165, 1.54) is 0 Å². The van der Waals surface area contributed by atoms with Crippen molar-refractivity contribution in [2.24, 2.45) is 0 Å². The molecule has 0 aliphatic carbocycles. The van der Waals surface area contributed by atoms with Crippen LogP contribution in [0.2, 0.25) is 0 Å². The second-order valence-electron chi connectivity index (χ2n) is 4.58. The van der Waals surface area contributed by atoms with Crippen LogP contribution in [0.5, 0.6) is 0 Å². The lowest BCUT2D eigenvalue weighted by atomic mass is 10.1. The lowest BCUT2D eigenvalue weighted by Crippen LogP contribution is -2.46. The third kappa shape index (κ3) is 1.97. The molecule has 2 rings (SSSR count). The maximum atomic E-state index is 12.4. The normalized spacial score (nSPS) is 38.9. The third-order valence-electron chi connectivity index (χ3n) is 3.42. The molecule has 2 N–H and O–H groups in total. The maximum Gasteiger partial charge on any atom is 0.137 e. The molecule has 0 radical (unpaired) electrons. The highest BCUT2D eigenvalue weighted by Gasteiger charge is 2.45. The first-order valence-electron chi connectivity index (χ1n) is 5.51. The predicted molar refractivity (Wildman–Crippen MR) is 60.1 cm³/mol. The van der Waals surface area contributed by atoms with E-state index in [0.29, 0.717) is 6.54 Å². The van der Waals surface area contributed by atoms with Gasteiger partial charge in [0.25, 0.3) is 0 Å². The Labute approximate surface area is 94.9 Å². The summed E-state index contributed by atoms with van der Waals surface area (Å²) in [5, 5.41) is 31.6. The molecule has 1 aliphatic rings. The Morgan fingerprint density at radius 1 is 1.31 bits per heavy atom. The summed E-state index contributed by atoms with van der Waals surface area (Å²) in [6.07, 6.45) is -1.82. The smallest absolute Gasteiger partial charge is 0.137 e. The van der Waals surface area contributed by atoms with Crippen molar-refractivity contribution in [2.75, 3.05) is 6.54 Å². The van der Waals surface area contributed by atoms with Crippen LogP contribution in [-0.2, 0) is 6.54 Å². The maximum absolute atomic E-state index is 12.4. The predicted octanol–water partition coefficient (Wildman–Crippen LogP) is 0.625. The van der Waals surface area contributed by atoms with Gasteiger partial charge in [-0.2, -0.15) is 0 Å². The minimum Gasteiger partial charge on any atom is -0.632 e. The van der Waals surface area contributed by atoms with Crippen LogP contribution in [-0.4, -0.2) is 39.7 Å². The fraction of sp³-hybridized carbons (Fsp3) is 0.500. The molecule has 1 saturated heterocycles. The van der Waals surface area contributed by atoms with Gasteiger partial charge in [0, 0.05) is 5.56 Å². The quantitative estimate of drug-likeness (QED) is 0.571. The van der Waals surface area contributed by atoms with E-state index < -0.39 is 22.9 Å². The van der Waals surface area contributed by atoms with Gasteiger partial charge >= 0.3 is 0 Å². The van der Waals surface area contributed by atoms with Gasteiger partial charge in [0.1, 0.15) is 31.3 Å². The van der Waals surface area contributed by atoms with Gasteiger partial charge in [-0.25, -0.2) is 0 Å². The van der Waals surface area contributed by atoms with Crippen LogP contribution in [0.25, 0.3) is 0 Å². The summed E-state index contributed by atoms with van der Waals surface area (Å²) in [7, 11) is 0. The second kappa shape index (κ2) is 4.14. The van der Waals surface area contributed by atoms with Gasteiger partial charge in [0.2, 0.25) is 0 Å². The minimum atomic E-state index is -0.916. The molecule has 4 nitrogen and oxygen atoms in total. The molecule has 0 bridgehead atoms. The van der Waals surface area contributed by atoms with E-state index in [4.69, 9.17) is 0 Å². The molecule has 0 amide bonds. The molecule has 88 valence electrons. The van der Waals surface area contributed by atoms with Gasteiger partial charge in [-0.1, -0.05) is 30.3 Å². The number of hydrogen-bond donors (Lipinski definition) is 2. The lowest BCUT2D eigenvalue weighted by molar-refractivity contribution is -0.906. The van der Waals surface area contributed by atoms with Crippen LogP contribution >= 0.6 is 0 Å². The van der Waals surface area contributed by atoms with E-state index in [-0.39, 0.29) is 6.54 Å². The van der Waals surface area contributed by atoms with Crippen molar-refractivity contribution in [3.8, 4) is 0 Å². The Balaban J connectivity index is 2.15. The number of aliphatic hydroxyl groups is 2. The summed E-state index contributed by atoms with van der Waals surface area (Å²) in [5.74, 6) is 0.